The number of benzene rings is 2. The minimum atomic E-state index is -0.778. The van der Waals surface area contributed by atoms with Gasteiger partial charge < -0.3 is 20.1 Å². The number of fused-ring (bicyclic) bond motifs is 1. The Bertz CT molecular complexity index is 749. The molecule has 1 atom stereocenters. The van der Waals surface area contributed by atoms with Crippen LogP contribution in [0.1, 0.15) is 0 Å². The van der Waals surface area contributed by atoms with Gasteiger partial charge in [-0.05, 0) is 36.4 Å². The Morgan fingerprint density at radius 2 is 1.96 bits per heavy atom. The molecule has 1 heterocycles. The standard InChI is InChI=1S/C17H15ClN2O4/c18-11-5-7-12(8-6-11)23-10-16(21)19-9-15-17(22)20-13-3-1-2-4-14(13)24-15/h1-8,15H,9-10H2,(H,19,21)(H,20,22). The van der Waals surface area contributed by atoms with Crippen LogP contribution in [0.15, 0.2) is 48.5 Å². The fraction of sp³-hybridized carbons (Fsp3) is 0.176. The monoisotopic (exact) mass is 346 g/mol. The molecule has 124 valence electrons. The lowest BCUT2D eigenvalue weighted by atomic mass is 10.2. The van der Waals surface area contributed by atoms with Gasteiger partial charge in [0.2, 0.25) is 0 Å². The molecule has 0 fully saturated rings. The predicted molar refractivity (Wildman–Crippen MR) is 89.4 cm³/mol. The van der Waals surface area contributed by atoms with E-state index in [0.29, 0.717) is 22.2 Å². The van der Waals surface area contributed by atoms with E-state index < -0.39 is 6.10 Å². The minimum Gasteiger partial charge on any atom is -0.484 e. The molecular weight excluding hydrogens is 332 g/mol. The van der Waals surface area contributed by atoms with Crippen LogP contribution in [0, 0.1) is 0 Å². The molecule has 1 aliphatic rings. The summed E-state index contributed by atoms with van der Waals surface area (Å²) in [5.74, 6) is 0.469. The number of amides is 2. The van der Waals surface area contributed by atoms with E-state index >= 15 is 0 Å². The van der Waals surface area contributed by atoms with Crippen LogP contribution in [0.3, 0.4) is 0 Å². The van der Waals surface area contributed by atoms with E-state index in [4.69, 9.17) is 21.1 Å². The Labute approximate surface area is 143 Å². The third kappa shape index (κ3) is 3.97. The van der Waals surface area contributed by atoms with Crippen molar-refractivity contribution in [3.05, 3.63) is 53.6 Å². The molecular formula is C17H15ClN2O4. The Balaban J connectivity index is 1.48. The maximum Gasteiger partial charge on any atom is 0.267 e. The summed E-state index contributed by atoms with van der Waals surface area (Å²) >= 11 is 5.77. The lowest BCUT2D eigenvalue weighted by Gasteiger charge is -2.25. The zero-order valence-electron chi connectivity index (χ0n) is 12.6. The van der Waals surface area contributed by atoms with Crippen molar-refractivity contribution in [2.45, 2.75) is 6.10 Å². The number of ether oxygens (including phenoxy) is 2. The second-order valence-corrected chi connectivity index (χ2v) is 5.58. The van der Waals surface area contributed by atoms with Crippen LogP contribution in [0.25, 0.3) is 0 Å². The highest BCUT2D eigenvalue weighted by Crippen LogP contribution is 2.28. The Morgan fingerprint density at radius 1 is 1.21 bits per heavy atom. The SMILES string of the molecule is O=C(COc1ccc(Cl)cc1)NCC1Oc2ccccc2NC1=O. The lowest BCUT2D eigenvalue weighted by Crippen LogP contribution is -2.46. The van der Waals surface area contributed by atoms with E-state index in [1.807, 2.05) is 6.07 Å². The average Bonchev–Trinajstić information content (AvgIpc) is 2.59. The summed E-state index contributed by atoms with van der Waals surface area (Å²) in [5, 5.41) is 5.95. The van der Waals surface area contributed by atoms with Gasteiger partial charge in [-0.25, -0.2) is 0 Å². The van der Waals surface area contributed by atoms with E-state index in [0.717, 1.165) is 0 Å². The molecule has 3 rings (SSSR count). The summed E-state index contributed by atoms with van der Waals surface area (Å²) in [6.07, 6.45) is -0.778. The van der Waals surface area contributed by atoms with E-state index in [1.165, 1.54) is 0 Å². The topological polar surface area (TPSA) is 76.7 Å². The third-order valence-corrected chi connectivity index (χ3v) is 3.63. The van der Waals surface area contributed by atoms with Crippen molar-refractivity contribution in [1.82, 2.24) is 5.32 Å². The number of carbonyl (C=O) groups is 2. The van der Waals surface area contributed by atoms with E-state index in [1.54, 1.807) is 42.5 Å². The van der Waals surface area contributed by atoms with Crippen LogP contribution in [0.4, 0.5) is 5.69 Å². The molecule has 2 aromatic rings. The number of rotatable bonds is 5. The molecule has 0 spiro atoms. The molecule has 2 aromatic carbocycles. The smallest absolute Gasteiger partial charge is 0.267 e. The van der Waals surface area contributed by atoms with E-state index in [2.05, 4.69) is 10.6 Å². The average molecular weight is 347 g/mol. The highest BCUT2D eigenvalue weighted by atomic mass is 35.5. The number of anilines is 1. The number of hydrogen-bond acceptors (Lipinski definition) is 4. The maximum absolute atomic E-state index is 11.9. The van der Waals surface area contributed by atoms with Crippen LogP contribution >= 0.6 is 11.6 Å². The molecule has 0 radical (unpaired) electrons. The molecule has 24 heavy (non-hydrogen) atoms. The predicted octanol–water partition coefficient (Wildman–Crippen LogP) is 2.23. The van der Waals surface area contributed by atoms with Crippen LogP contribution in [0.5, 0.6) is 11.5 Å². The molecule has 6 nitrogen and oxygen atoms in total. The summed E-state index contributed by atoms with van der Waals surface area (Å²) in [7, 11) is 0. The molecule has 0 aromatic heterocycles. The summed E-state index contributed by atoms with van der Waals surface area (Å²) in [6, 6.07) is 13.8. The minimum absolute atomic E-state index is 0.0585. The first-order valence-electron chi connectivity index (χ1n) is 7.33. The second-order valence-electron chi connectivity index (χ2n) is 5.14. The maximum atomic E-state index is 11.9. The first kappa shape index (κ1) is 16.1. The number of halogens is 1. The molecule has 0 aliphatic carbocycles. The number of nitrogens with one attached hydrogen (secondary N) is 2. The highest BCUT2D eigenvalue weighted by Gasteiger charge is 2.27. The quantitative estimate of drug-likeness (QED) is 0.870. The molecule has 1 unspecified atom stereocenters. The van der Waals surface area contributed by atoms with Crippen molar-refractivity contribution in [1.29, 1.82) is 0 Å². The van der Waals surface area contributed by atoms with Gasteiger partial charge in [-0.15, -0.1) is 0 Å². The van der Waals surface area contributed by atoms with Gasteiger partial charge in [0.1, 0.15) is 11.5 Å². The highest BCUT2D eigenvalue weighted by molar-refractivity contribution is 6.30. The largest absolute Gasteiger partial charge is 0.484 e. The summed E-state index contributed by atoms with van der Waals surface area (Å²) in [5.41, 5.74) is 0.621. The van der Waals surface area contributed by atoms with Crippen LogP contribution in [-0.2, 0) is 9.59 Å². The van der Waals surface area contributed by atoms with Crippen molar-refractivity contribution in [3.8, 4) is 11.5 Å². The Morgan fingerprint density at radius 3 is 2.75 bits per heavy atom. The summed E-state index contributed by atoms with van der Waals surface area (Å²) < 4.78 is 10.9. The first-order valence-corrected chi connectivity index (χ1v) is 7.71. The molecule has 0 bridgehead atoms. The van der Waals surface area contributed by atoms with Crippen molar-refractivity contribution < 1.29 is 19.1 Å². The van der Waals surface area contributed by atoms with Crippen molar-refractivity contribution >= 4 is 29.1 Å². The Hall–Kier alpha value is -2.73. The third-order valence-electron chi connectivity index (χ3n) is 3.37. The fourth-order valence-corrected chi connectivity index (χ4v) is 2.29. The van der Waals surface area contributed by atoms with Gasteiger partial charge in [-0.1, -0.05) is 23.7 Å². The van der Waals surface area contributed by atoms with Crippen molar-refractivity contribution in [2.24, 2.45) is 0 Å². The number of carbonyl (C=O) groups excluding carboxylic acids is 2. The zero-order valence-corrected chi connectivity index (χ0v) is 13.4. The molecule has 2 amide bonds. The molecule has 0 saturated heterocycles. The zero-order chi connectivity index (χ0) is 16.9. The van der Waals surface area contributed by atoms with Crippen LogP contribution in [0.2, 0.25) is 5.02 Å². The van der Waals surface area contributed by atoms with Crippen molar-refractivity contribution in [2.75, 3.05) is 18.5 Å². The number of para-hydroxylation sites is 2. The first-order chi connectivity index (χ1) is 11.6. The van der Waals surface area contributed by atoms with Crippen LogP contribution in [-0.4, -0.2) is 31.1 Å². The van der Waals surface area contributed by atoms with Crippen LogP contribution < -0.4 is 20.1 Å². The molecule has 0 saturated carbocycles. The van der Waals surface area contributed by atoms with Gasteiger partial charge in [-0.2, -0.15) is 0 Å². The van der Waals surface area contributed by atoms with E-state index in [9.17, 15) is 9.59 Å². The lowest BCUT2D eigenvalue weighted by molar-refractivity contribution is -0.126. The Kier molecular flexibility index (Phi) is 4.86. The molecule has 1 aliphatic heterocycles. The second kappa shape index (κ2) is 7.23. The van der Waals surface area contributed by atoms with Gasteiger partial charge in [0.05, 0.1) is 12.2 Å². The molecule has 7 heteroatoms. The van der Waals surface area contributed by atoms with Crippen molar-refractivity contribution in [3.63, 3.8) is 0 Å². The molecule has 2 N–H and O–H groups in total. The summed E-state index contributed by atoms with van der Waals surface area (Å²) in [4.78, 5) is 23.8. The van der Waals surface area contributed by atoms with E-state index in [-0.39, 0.29) is 25.0 Å². The van der Waals surface area contributed by atoms with Gasteiger partial charge in [-0.3, -0.25) is 9.59 Å². The fourth-order valence-electron chi connectivity index (χ4n) is 2.16. The van der Waals surface area contributed by atoms with Gasteiger partial charge in [0, 0.05) is 5.02 Å². The number of hydrogen-bond donors (Lipinski definition) is 2. The summed E-state index contributed by atoms with van der Waals surface area (Å²) in [6.45, 7) is -0.102. The normalized spacial score (nSPS) is 15.7. The van der Waals surface area contributed by atoms with Gasteiger partial charge in [0.25, 0.3) is 11.8 Å². The van der Waals surface area contributed by atoms with Gasteiger partial charge >= 0.3 is 0 Å². The van der Waals surface area contributed by atoms with Gasteiger partial charge in [0.15, 0.2) is 12.7 Å².